The average Bonchev–Trinajstić information content (AvgIpc) is 2.11. The van der Waals surface area contributed by atoms with Gasteiger partial charge in [-0.2, -0.15) is 5.06 Å². The van der Waals surface area contributed by atoms with Gasteiger partial charge < -0.3 is 9.63 Å². The summed E-state index contributed by atoms with van der Waals surface area (Å²) in [5, 5.41) is 12.1. The van der Waals surface area contributed by atoms with Crippen LogP contribution in [0.15, 0.2) is 0 Å². The van der Waals surface area contributed by atoms with E-state index in [4.69, 9.17) is 4.53 Å². The molecule has 1 saturated heterocycles. The number of rotatable bonds is 2. The van der Waals surface area contributed by atoms with Crippen LogP contribution >= 0.6 is 0 Å². The van der Waals surface area contributed by atoms with Gasteiger partial charge in [-0.1, -0.05) is 20.8 Å². The number of hydrogen-bond donors (Lipinski definition) is 1. The highest BCUT2D eigenvalue weighted by Gasteiger charge is 2.41. The van der Waals surface area contributed by atoms with Gasteiger partial charge in [-0.05, 0) is 37.9 Å². The van der Waals surface area contributed by atoms with E-state index < -0.39 is 8.32 Å². The molecule has 16 heavy (non-hydrogen) atoms. The van der Waals surface area contributed by atoms with Crippen LogP contribution in [0.4, 0.5) is 0 Å². The van der Waals surface area contributed by atoms with Gasteiger partial charge >= 0.3 is 0 Å². The van der Waals surface area contributed by atoms with Gasteiger partial charge in [-0.25, -0.2) is 0 Å². The summed E-state index contributed by atoms with van der Waals surface area (Å²) in [5.74, 6) is 0. The van der Waals surface area contributed by atoms with E-state index in [2.05, 4.69) is 40.8 Å². The van der Waals surface area contributed by atoms with Crippen LogP contribution in [0, 0.1) is 0 Å². The first kappa shape index (κ1) is 14.2. The van der Waals surface area contributed by atoms with E-state index in [0.717, 1.165) is 19.4 Å². The SMILES string of the molecule is CC1C(O)CCCN1O[Si](C)(C)C(C)(C)C. The van der Waals surface area contributed by atoms with Gasteiger partial charge in [0.25, 0.3) is 0 Å². The molecule has 0 aromatic carbocycles. The Kier molecular flexibility index (Phi) is 4.22. The van der Waals surface area contributed by atoms with Gasteiger partial charge in [0.15, 0.2) is 0 Å². The van der Waals surface area contributed by atoms with E-state index in [1.54, 1.807) is 0 Å². The van der Waals surface area contributed by atoms with E-state index in [9.17, 15) is 5.11 Å². The molecule has 0 bridgehead atoms. The lowest BCUT2D eigenvalue weighted by Gasteiger charge is -2.44. The Morgan fingerprint density at radius 1 is 1.31 bits per heavy atom. The predicted molar refractivity (Wildman–Crippen MR) is 69.7 cm³/mol. The number of aliphatic hydroxyl groups excluding tert-OH is 1. The minimum atomic E-state index is -1.75. The second-order valence-electron chi connectivity index (χ2n) is 6.44. The molecule has 1 fully saturated rings. The summed E-state index contributed by atoms with van der Waals surface area (Å²) in [6.45, 7) is 14.2. The molecule has 1 aliphatic heterocycles. The molecule has 2 atom stereocenters. The Hall–Kier alpha value is 0.0969. The lowest BCUT2D eigenvalue weighted by atomic mass is 10.0. The molecule has 2 unspecified atom stereocenters. The summed E-state index contributed by atoms with van der Waals surface area (Å²) in [5.41, 5.74) is 0. The highest BCUT2D eigenvalue weighted by atomic mass is 28.4. The van der Waals surface area contributed by atoms with Crippen LogP contribution in [0.5, 0.6) is 0 Å². The summed E-state index contributed by atoms with van der Waals surface area (Å²) in [7, 11) is -1.75. The summed E-state index contributed by atoms with van der Waals surface area (Å²) in [4.78, 5) is 0. The third-order valence-corrected chi connectivity index (χ3v) is 8.34. The fourth-order valence-electron chi connectivity index (χ4n) is 1.65. The number of piperidine rings is 1. The monoisotopic (exact) mass is 245 g/mol. The maximum atomic E-state index is 9.84. The van der Waals surface area contributed by atoms with Crippen molar-refractivity contribution in [3.8, 4) is 0 Å². The average molecular weight is 245 g/mol. The largest absolute Gasteiger partial charge is 0.391 e. The molecule has 0 aromatic heterocycles. The second kappa shape index (κ2) is 4.76. The smallest absolute Gasteiger partial charge is 0.220 e. The summed E-state index contributed by atoms with van der Waals surface area (Å²) < 4.78 is 6.24. The Balaban J connectivity index is 2.66. The molecular formula is C12H27NO2Si. The highest BCUT2D eigenvalue weighted by Crippen LogP contribution is 2.38. The van der Waals surface area contributed by atoms with Crippen molar-refractivity contribution in [3.05, 3.63) is 0 Å². The van der Waals surface area contributed by atoms with Crippen molar-refractivity contribution in [2.75, 3.05) is 6.54 Å². The quantitative estimate of drug-likeness (QED) is 0.759. The summed E-state index contributed by atoms with van der Waals surface area (Å²) in [6.07, 6.45) is 1.69. The Bertz CT molecular complexity index is 238. The van der Waals surface area contributed by atoms with Crippen LogP contribution in [0.1, 0.15) is 40.5 Å². The second-order valence-corrected chi connectivity index (χ2v) is 11.1. The van der Waals surface area contributed by atoms with Crippen molar-refractivity contribution in [2.45, 2.75) is 70.8 Å². The van der Waals surface area contributed by atoms with Crippen molar-refractivity contribution in [1.29, 1.82) is 0 Å². The van der Waals surface area contributed by atoms with Crippen molar-refractivity contribution >= 4 is 8.32 Å². The third kappa shape index (κ3) is 3.06. The minimum Gasteiger partial charge on any atom is -0.391 e. The van der Waals surface area contributed by atoms with E-state index in [0.29, 0.717) is 0 Å². The molecule has 0 amide bonds. The Labute approximate surface area is 101 Å². The van der Waals surface area contributed by atoms with E-state index in [1.165, 1.54) is 0 Å². The van der Waals surface area contributed by atoms with Gasteiger partial charge in [0.2, 0.25) is 8.32 Å². The molecule has 96 valence electrons. The molecular weight excluding hydrogens is 218 g/mol. The maximum Gasteiger partial charge on any atom is 0.220 e. The first-order valence-corrected chi connectivity index (χ1v) is 9.20. The van der Waals surface area contributed by atoms with E-state index in [1.807, 2.05) is 5.06 Å². The van der Waals surface area contributed by atoms with Gasteiger partial charge in [-0.3, -0.25) is 0 Å². The van der Waals surface area contributed by atoms with Gasteiger partial charge in [0, 0.05) is 6.54 Å². The molecule has 4 heteroatoms. The lowest BCUT2D eigenvalue weighted by Crippen LogP contribution is -2.54. The number of aliphatic hydroxyl groups is 1. The molecule has 1 aliphatic rings. The normalized spacial score (nSPS) is 29.4. The zero-order valence-electron chi connectivity index (χ0n) is 11.6. The fourth-order valence-corrected chi connectivity index (χ4v) is 2.77. The zero-order valence-corrected chi connectivity index (χ0v) is 12.6. The maximum absolute atomic E-state index is 9.84. The molecule has 0 saturated carbocycles. The van der Waals surface area contributed by atoms with Crippen molar-refractivity contribution < 1.29 is 9.63 Å². The molecule has 0 spiro atoms. The molecule has 3 nitrogen and oxygen atoms in total. The van der Waals surface area contributed by atoms with Gasteiger partial charge in [-0.15, -0.1) is 0 Å². The highest BCUT2D eigenvalue weighted by molar-refractivity contribution is 6.74. The molecule has 1 heterocycles. The van der Waals surface area contributed by atoms with Crippen LogP contribution in [0.2, 0.25) is 18.1 Å². The summed E-state index contributed by atoms with van der Waals surface area (Å²) in [6, 6.07) is 0.128. The first-order chi connectivity index (χ1) is 7.15. The van der Waals surface area contributed by atoms with Crippen LogP contribution < -0.4 is 0 Å². The predicted octanol–water partition coefficient (Wildman–Crippen LogP) is 2.77. The number of hydrogen-bond acceptors (Lipinski definition) is 3. The van der Waals surface area contributed by atoms with Gasteiger partial charge in [0.05, 0.1) is 12.1 Å². The third-order valence-electron chi connectivity index (χ3n) is 4.04. The molecule has 0 aliphatic carbocycles. The summed E-state index contributed by atoms with van der Waals surface area (Å²) >= 11 is 0. The lowest BCUT2D eigenvalue weighted by molar-refractivity contribution is -0.154. The van der Waals surface area contributed by atoms with E-state index >= 15 is 0 Å². The first-order valence-electron chi connectivity index (χ1n) is 6.29. The van der Waals surface area contributed by atoms with E-state index in [-0.39, 0.29) is 17.2 Å². The number of nitrogens with zero attached hydrogens (tertiary/aromatic N) is 1. The van der Waals surface area contributed by atoms with Crippen molar-refractivity contribution in [2.24, 2.45) is 0 Å². The molecule has 1 rings (SSSR count). The minimum absolute atomic E-state index is 0.128. The van der Waals surface area contributed by atoms with Crippen LogP contribution in [-0.2, 0) is 4.53 Å². The van der Waals surface area contributed by atoms with Crippen LogP contribution in [0.25, 0.3) is 0 Å². The Morgan fingerprint density at radius 2 is 1.88 bits per heavy atom. The molecule has 0 radical (unpaired) electrons. The van der Waals surface area contributed by atoms with Gasteiger partial charge in [0.1, 0.15) is 0 Å². The Morgan fingerprint density at radius 3 is 2.38 bits per heavy atom. The molecule has 1 N–H and O–H groups in total. The number of hydroxylamine groups is 2. The van der Waals surface area contributed by atoms with Crippen molar-refractivity contribution in [3.63, 3.8) is 0 Å². The molecule has 0 aromatic rings. The topological polar surface area (TPSA) is 32.7 Å². The van der Waals surface area contributed by atoms with Crippen molar-refractivity contribution in [1.82, 2.24) is 5.06 Å². The zero-order chi connectivity index (χ0) is 12.6. The van der Waals surface area contributed by atoms with Crippen LogP contribution in [0.3, 0.4) is 0 Å². The van der Waals surface area contributed by atoms with Crippen LogP contribution in [-0.4, -0.2) is 37.2 Å². The standard InChI is InChI=1S/C12H27NO2Si/c1-10-11(14)8-7-9-13(10)15-16(5,6)12(2,3)4/h10-11,14H,7-9H2,1-6H3. The fraction of sp³-hybridized carbons (Fsp3) is 1.00.